The highest BCUT2D eigenvalue weighted by Crippen LogP contribution is 2.30. The third kappa shape index (κ3) is 11.4. The van der Waals surface area contributed by atoms with E-state index in [1.807, 2.05) is 56.3 Å². The molecule has 0 aliphatic rings. The van der Waals surface area contributed by atoms with E-state index in [9.17, 15) is 4.79 Å². The number of rotatable bonds is 12. The molecular formula is C39H49N5O3S. The van der Waals surface area contributed by atoms with Crippen molar-refractivity contribution in [3.05, 3.63) is 107 Å². The van der Waals surface area contributed by atoms with E-state index in [2.05, 4.69) is 81.1 Å². The topological polar surface area (TPSA) is 109 Å². The van der Waals surface area contributed by atoms with E-state index in [0.29, 0.717) is 30.5 Å². The molecule has 1 unspecified atom stereocenters. The summed E-state index contributed by atoms with van der Waals surface area (Å²) >= 11 is 1.35. The van der Waals surface area contributed by atoms with Gasteiger partial charge in [0.05, 0.1) is 16.9 Å². The zero-order valence-corrected chi connectivity index (χ0v) is 30.2. The molecule has 0 fully saturated rings. The Morgan fingerprint density at radius 1 is 0.875 bits per heavy atom. The third-order valence-electron chi connectivity index (χ3n) is 7.21. The van der Waals surface area contributed by atoms with Crippen LogP contribution < -0.4 is 14.8 Å². The summed E-state index contributed by atoms with van der Waals surface area (Å²) < 4.78 is 9.68. The summed E-state index contributed by atoms with van der Waals surface area (Å²) in [6, 6.07) is 27.9. The second kappa shape index (κ2) is 18.9. The van der Waals surface area contributed by atoms with E-state index in [0.717, 1.165) is 63.7 Å². The van der Waals surface area contributed by atoms with Crippen LogP contribution in [0.2, 0.25) is 0 Å². The van der Waals surface area contributed by atoms with Gasteiger partial charge in [-0.25, -0.2) is 4.98 Å². The van der Waals surface area contributed by atoms with E-state index in [1.165, 1.54) is 11.9 Å². The van der Waals surface area contributed by atoms with Gasteiger partial charge in [0.15, 0.2) is 0 Å². The van der Waals surface area contributed by atoms with Crippen molar-refractivity contribution in [2.45, 2.75) is 72.4 Å². The molecule has 5 aromatic rings. The molecule has 0 bridgehead atoms. The standard InChI is InChI=1S/C36H39N5O2S.C2H6.CH4O/c1-24-10-8-11-25(2)34(24)32-19-33(40-35(39-32)41-44-30-14-9-12-26(18-30)22-42)43-23-29(20-36(3,4)5)37-21-28-17-16-27-13-6-7-15-31(27)38-28;2*1-2/h6-19,22,29,37H,20-21,23H2,1-5H3,(H,39,40,41);1-2H3;2H,1H3. The van der Waals surface area contributed by atoms with Gasteiger partial charge in [0.25, 0.3) is 0 Å². The minimum absolute atomic E-state index is 0.0683. The largest absolute Gasteiger partial charge is 0.476 e. The summed E-state index contributed by atoms with van der Waals surface area (Å²) in [5.74, 6) is 0.925. The lowest BCUT2D eigenvalue weighted by atomic mass is 9.88. The smallest absolute Gasteiger partial charge is 0.237 e. The SMILES string of the molecule is CC.CO.Cc1cccc(C)c1-c1cc(OCC(CC(C)(C)C)NCc2ccc3ccccc3n2)nc(NSc2cccc(C=O)c2)n1. The van der Waals surface area contributed by atoms with E-state index in [4.69, 9.17) is 24.8 Å². The third-order valence-corrected chi connectivity index (χ3v) is 7.99. The fourth-order valence-corrected chi connectivity index (χ4v) is 5.86. The number of nitrogens with one attached hydrogen (secondary N) is 2. The van der Waals surface area contributed by atoms with Crippen LogP contribution in [-0.4, -0.2) is 46.1 Å². The normalized spacial score (nSPS) is 11.4. The molecular weight excluding hydrogens is 619 g/mol. The Kier molecular flexibility index (Phi) is 15.0. The first kappa shape index (κ1) is 38.1. The van der Waals surface area contributed by atoms with Crippen molar-refractivity contribution in [2.75, 3.05) is 18.4 Å². The number of pyridine rings is 1. The molecule has 8 nitrogen and oxygen atoms in total. The summed E-state index contributed by atoms with van der Waals surface area (Å²) in [7, 11) is 1.00. The Labute approximate surface area is 289 Å². The number of nitrogens with zero attached hydrogens (tertiary/aromatic N) is 3. The molecule has 0 amide bonds. The summed E-state index contributed by atoms with van der Waals surface area (Å²) in [5.41, 5.74) is 6.78. The van der Waals surface area contributed by atoms with Gasteiger partial charge in [-0.15, -0.1) is 0 Å². The lowest BCUT2D eigenvalue weighted by Crippen LogP contribution is -2.37. The summed E-state index contributed by atoms with van der Waals surface area (Å²) in [6.07, 6.45) is 1.75. The molecule has 254 valence electrons. The molecule has 3 N–H and O–H groups in total. The summed E-state index contributed by atoms with van der Waals surface area (Å²) in [4.78, 5) is 26.6. The van der Waals surface area contributed by atoms with Crippen LogP contribution in [0.5, 0.6) is 5.88 Å². The molecule has 48 heavy (non-hydrogen) atoms. The maximum absolute atomic E-state index is 11.3. The minimum Gasteiger partial charge on any atom is -0.476 e. The number of aromatic nitrogens is 3. The average molecular weight is 668 g/mol. The maximum atomic E-state index is 11.3. The van der Waals surface area contributed by atoms with Crippen molar-refractivity contribution >= 4 is 35.1 Å². The van der Waals surface area contributed by atoms with Crippen molar-refractivity contribution in [2.24, 2.45) is 5.41 Å². The molecule has 2 aromatic heterocycles. The zero-order chi connectivity index (χ0) is 35.1. The van der Waals surface area contributed by atoms with Crippen molar-refractivity contribution < 1.29 is 14.6 Å². The number of hydrogen-bond acceptors (Lipinski definition) is 9. The van der Waals surface area contributed by atoms with Gasteiger partial charge in [-0.1, -0.05) is 89.2 Å². The van der Waals surface area contributed by atoms with Gasteiger partial charge < -0.3 is 15.2 Å². The number of aliphatic hydroxyl groups is 1. The number of anilines is 1. The number of aliphatic hydroxyl groups excluding tert-OH is 1. The number of benzene rings is 3. The molecule has 0 saturated carbocycles. The maximum Gasteiger partial charge on any atom is 0.237 e. The number of carbonyl (C=O) groups excluding carboxylic acids is 1. The molecule has 0 radical (unpaired) electrons. The van der Waals surface area contributed by atoms with Gasteiger partial charge in [0.1, 0.15) is 12.9 Å². The number of aryl methyl sites for hydroxylation is 2. The van der Waals surface area contributed by atoms with Crippen LogP contribution in [0.15, 0.2) is 89.8 Å². The predicted molar refractivity (Wildman–Crippen MR) is 200 cm³/mol. The highest BCUT2D eigenvalue weighted by molar-refractivity contribution is 8.00. The van der Waals surface area contributed by atoms with Crippen LogP contribution in [-0.2, 0) is 6.54 Å². The van der Waals surface area contributed by atoms with Crippen molar-refractivity contribution in [3.63, 3.8) is 0 Å². The quantitative estimate of drug-likeness (QED) is 0.0888. The molecule has 3 aromatic carbocycles. The average Bonchev–Trinajstić information content (AvgIpc) is 3.09. The van der Waals surface area contributed by atoms with Crippen LogP contribution in [0, 0.1) is 19.3 Å². The lowest BCUT2D eigenvalue weighted by molar-refractivity contribution is 0.112. The van der Waals surface area contributed by atoms with Crippen LogP contribution in [0.4, 0.5) is 5.95 Å². The van der Waals surface area contributed by atoms with Crippen molar-refractivity contribution in [1.29, 1.82) is 0 Å². The van der Waals surface area contributed by atoms with E-state index in [1.54, 1.807) is 6.07 Å². The Morgan fingerprint density at radius 2 is 1.58 bits per heavy atom. The molecule has 0 spiro atoms. The highest BCUT2D eigenvalue weighted by atomic mass is 32.2. The Morgan fingerprint density at radius 3 is 2.29 bits per heavy atom. The number of hydrogen-bond donors (Lipinski definition) is 3. The molecule has 0 aliphatic carbocycles. The van der Waals surface area contributed by atoms with Crippen molar-refractivity contribution in [1.82, 2.24) is 20.3 Å². The summed E-state index contributed by atoms with van der Waals surface area (Å²) in [5, 5.41) is 11.8. The van der Waals surface area contributed by atoms with Crippen LogP contribution in [0.25, 0.3) is 22.2 Å². The fraction of sp³-hybridized carbons (Fsp3) is 0.333. The van der Waals surface area contributed by atoms with Gasteiger partial charge >= 0.3 is 0 Å². The van der Waals surface area contributed by atoms with E-state index in [-0.39, 0.29) is 11.5 Å². The summed E-state index contributed by atoms with van der Waals surface area (Å²) in [6.45, 7) is 15.9. The van der Waals surface area contributed by atoms with Gasteiger partial charge in [-0.05, 0) is 73.0 Å². The van der Waals surface area contributed by atoms with Gasteiger partial charge in [-0.2, -0.15) is 4.98 Å². The first-order chi connectivity index (χ1) is 23.2. The van der Waals surface area contributed by atoms with Crippen molar-refractivity contribution in [3.8, 4) is 17.1 Å². The van der Waals surface area contributed by atoms with Gasteiger partial charge in [0.2, 0.25) is 11.8 Å². The number of fused-ring (bicyclic) bond motifs is 1. The number of ether oxygens (including phenoxy) is 1. The molecule has 0 saturated heterocycles. The Balaban J connectivity index is 0.00000151. The second-order valence-corrected chi connectivity index (χ2v) is 13.1. The number of aldehydes is 1. The number of carbonyl (C=O) groups is 1. The number of para-hydroxylation sites is 1. The minimum atomic E-state index is 0.0683. The fourth-order valence-electron chi connectivity index (χ4n) is 5.22. The molecule has 2 heterocycles. The second-order valence-electron chi connectivity index (χ2n) is 12.2. The van der Waals surface area contributed by atoms with Crippen LogP contribution in [0.3, 0.4) is 0 Å². The van der Waals surface area contributed by atoms with Gasteiger partial charge in [-0.3, -0.25) is 14.5 Å². The highest BCUT2D eigenvalue weighted by Gasteiger charge is 2.21. The predicted octanol–water partition coefficient (Wildman–Crippen LogP) is 8.85. The molecule has 0 aliphatic heterocycles. The van der Waals surface area contributed by atoms with Crippen LogP contribution >= 0.6 is 11.9 Å². The molecule has 5 rings (SSSR count). The Bertz CT molecular complexity index is 1740. The monoisotopic (exact) mass is 667 g/mol. The first-order valence-electron chi connectivity index (χ1n) is 16.3. The molecule has 9 heteroatoms. The zero-order valence-electron chi connectivity index (χ0n) is 29.4. The Hall–Kier alpha value is -4.31. The van der Waals surface area contributed by atoms with E-state index < -0.39 is 0 Å². The first-order valence-corrected chi connectivity index (χ1v) is 17.1. The lowest BCUT2D eigenvalue weighted by Gasteiger charge is -2.27. The molecule has 1 atom stereocenters. The van der Waals surface area contributed by atoms with E-state index >= 15 is 0 Å². The van der Waals surface area contributed by atoms with Crippen LogP contribution in [0.1, 0.15) is 68.2 Å². The van der Waals surface area contributed by atoms with Gasteiger partial charge in [0, 0.05) is 47.2 Å².